The molecule has 0 radical (unpaired) electrons. The number of carbonyl (C=O) groups is 1. The van der Waals surface area contributed by atoms with Crippen molar-refractivity contribution in [2.75, 3.05) is 5.32 Å². The molecule has 0 bridgehead atoms. The van der Waals surface area contributed by atoms with Crippen molar-refractivity contribution >= 4 is 46.5 Å². The number of amides is 1. The fourth-order valence-electron chi connectivity index (χ4n) is 3.95. The SMILES string of the molecule is Cc1c(C(=O)Nc2nn(Cc3ccc(Cl)c(Cl)c3)cc2Cl)c(-c2ccccc2)nn1-c1ccccc1. The average molecular weight is 537 g/mol. The molecule has 0 aliphatic rings. The molecule has 0 atom stereocenters. The summed E-state index contributed by atoms with van der Waals surface area (Å²) in [5.41, 5.74) is 4.30. The fourth-order valence-corrected chi connectivity index (χ4v) is 4.47. The zero-order chi connectivity index (χ0) is 25.2. The van der Waals surface area contributed by atoms with Crippen LogP contribution in [0, 0.1) is 6.92 Å². The van der Waals surface area contributed by atoms with E-state index in [1.807, 2.05) is 73.7 Å². The third-order valence-corrected chi connectivity index (χ3v) is 6.68. The van der Waals surface area contributed by atoms with Gasteiger partial charge in [0.05, 0.1) is 33.5 Å². The van der Waals surface area contributed by atoms with Crippen LogP contribution in [0.2, 0.25) is 15.1 Å². The van der Waals surface area contributed by atoms with Crippen molar-refractivity contribution in [2.24, 2.45) is 0 Å². The second kappa shape index (κ2) is 10.2. The Balaban J connectivity index is 1.47. The highest BCUT2D eigenvalue weighted by atomic mass is 35.5. The Morgan fingerprint density at radius 3 is 2.25 bits per heavy atom. The smallest absolute Gasteiger partial charge is 0.261 e. The Labute approximate surface area is 223 Å². The molecule has 0 aliphatic carbocycles. The molecule has 0 aliphatic heterocycles. The Morgan fingerprint density at radius 2 is 1.56 bits per heavy atom. The third-order valence-electron chi connectivity index (χ3n) is 5.67. The number of nitrogens with one attached hydrogen (secondary N) is 1. The van der Waals surface area contributed by atoms with Crippen molar-refractivity contribution in [1.29, 1.82) is 0 Å². The van der Waals surface area contributed by atoms with Crippen LogP contribution in [-0.4, -0.2) is 25.5 Å². The summed E-state index contributed by atoms with van der Waals surface area (Å²) in [5, 5.41) is 13.4. The van der Waals surface area contributed by atoms with E-state index in [-0.39, 0.29) is 11.7 Å². The molecule has 2 heterocycles. The van der Waals surface area contributed by atoms with Crippen LogP contribution in [-0.2, 0) is 6.54 Å². The van der Waals surface area contributed by atoms with Gasteiger partial charge in [-0.15, -0.1) is 0 Å². The van der Waals surface area contributed by atoms with Gasteiger partial charge in [0.2, 0.25) is 0 Å². The molecule has 0 fully saturated rings. The second-order valence-electron chi connectivity index (χ2n) is 8.15. The lowest BCUT2D eigenvalue weighted by Crippen LogP contribution is -2.15. The van der Waals surface area contributed by atoms with Crippen molar-refractivity contribution in [3.05, 3.63) is 117 Å². The van der Waals surface area contributed by atoms with Crippen molar-refractivity contribution < 1.29 is 4.79 Å². The molecule has 180 valence electrons. The summed E-state index contributed by atoms with van der Waals surface area (Å²) >= 11 is 18.6. The quantitative estimate of drug-likeness (QED) is 0.247. The lowest BCUT2D eigenvalue weighted by atomic mass is 10.1. The van der Waals surface area contributed by atoms with E-state index in [0.29, 0.717) is 38.6 Å². The number of aromatic nitrogens is 4. The highest BCUT2D eigenvalue weighted by molar-refractivity contribution is 6.42. The highest BCUT2D eigenvalue weighted by Gasteiger charge is 2.24. The van der Waals surface area contributed by atoms with E-state index in [2.05, 4.69) is 10.4 Å². The van der Waals surface area contributed by atoms with E-state index >= 15 is 0 Å². The minimum absolute atomic E-state index is 0.257. The first-order valence-corrected chi connectivity index (χ1v) is 12.2. The Kier molecular flexibility index (Phi) is 6.83. The van der Waals surface area contributed by atoms with Crippen molar-refractivity contribution in [3.63, 3.8) is 0 Å². The van der Waals surface area contributed by atoms with Gasteiger partial charge in [0.15, 0.2) is 5.82 Å². The molecular formula is C27H20Cl3N5O. The van der Waals surface area contributed by atoms with Crippen LogP contribution in [0.1, 0.15) is 21.6 Å². The lowest BCUT2D eigenvalue weighted by molar-refractivity contribution is 0.102. The molecule has 0 saturated heterocycles. The Morgan fingerprint density at radius 1 is 0.861 bits per heavy atom. The number of carbonyl (C=O) groups excluding carboxylic acids is 1. The summed E-state index contributed by atoms with van der Waals surface area (Å²) < 4.78 is 3.40. The Hall–Kier alpha value is -3.58. The molecule has 5 aromatic rings. The second-order valence-corrected chi connectivity index (χ2v) is 9.37. The summed E-state index contributed by atoms with van der Waals surface area (Å²) in [7, 11) is 0. The molecule has 1 amide bonds. The summed E-state index contributed by atoms with van der Waals surface area (Å²) in [6.45, 7) is 2.28. The maximum atomic E-state index is 13.6. The van der Waals surface area contributed by atoms with Crippen LogP contribution >= 0.6 is 34.8 Å². The van der Waals surface area contributed by atoms with Crippen LogP contribution in [0.4, 0.5) is 5.82 Å². The fraction of sp³-hybridized carbons (Fsp3) is 0.0741. The first-order chi connectivity index (χ1) is 17.4. The molecule has 0 unspecified atom stereocenters. The van der Waals surface area contributed by atoms with Crippen LogP contribution in [0.15, 0.2) is 85.1 Å². The topological polar surface area (TPSA) is 64.7 Å². The minimum Gasteiger partial charge on any atom is -0.304 e. The summed E-state index contributed by atoms with van der Waals surface area (Å²) in [4.78, 5) is 13.6. The van der Waals surface area contributed by atoms with Gasteiger partial charge in [-0.3, -0.25) is 9.48 Å². The van der Waals surface area contributed by atoms with E-state index in [1.54, 1.807) is 27.7 Å². The standard InChI is InChI=1S/C27H20Cl3N5O/c1-17-24(25(19-8-4-2-5-9-19)32-35(17)20-10-6-3-7-11-20)27(36)31-26-23(30)16-34(33-26)15-18-12-13-21(28)22(29)14-18/h2-14,16H,15H2,1H3,(H,31,33,36). The first kappa shape index (κ1) is 24.1. The predicted octanol–water partition coefficient (Wildman–Crippen LogP) is 7.31. The van der Waals surface area contributed by atoms with E-state index in [9.17, 15) is 4.79 Å². The number of benzene rings is 3. The summed E-state index contributed by atoms with van der Waals surface area (Å²) in [5.74, 6) is -0.0946. The number of hydrogen-bond donors (Lipinski definition) is 1. The number of halogens is 3. The number of para-hydroxylation sites is 1. The van der Waals surface area contributed by atoms with Crippen LogP contribution in [0.25, 0.3) is 16.9 Å². The molecule has 0 saturated carbocycles. The van der Waals surface area contributed by atoms with Crippen molar-refractivity contribution in [3.8, 4) is 16.9 Å². The third kappa shape index (κ3) is 4.88. The lowest BCUT2D eigenvalue weighted by Gasteiger charge is -2.06. The zero-order valence-electron chi connectivity index (χ0n) is 19.1. The maximum Gasteiger partial charge on any atom is 0.261 e. The number of nitrogens with zero attached hydrogens (tertiary/aromatic N) is 4. The van der Waals surface area contributed by atoms with Crippen LogP contribution < -0.4 is 5.32 Å². The summed E-state index contributed by atoms with van der Waals surface area (Å²) in [6, 6.07) is 24.6. The predicted molar refractivity (Wildman–Crippen MR) is 144 cm³/mol. The number of hydrogen-bond acceptors (Lipinski definition) is 3. The number of rotatable bonds is 6. The molecule has 36 heavy (non-hydrogen) atoms. The van der Waals surface area contributed by atoms with E-state index in [1.165, 1.54) is 0 Å². The van der Waals surface area contributed by atoms with Crippen molar-refractivity contribution in [1.82, 2.24) is 19.6 Å². The van der Waals surface area contributed by atoms with Gasteiger partial charge in [-0.1, -0.05) is 89.4 Å². The molecular weight excluding hydrogens is 517 g/mol. The number of anilines is 1. The molecule has 2 aromatic heterocycles. The monoisotopic (exact) mass is 535 g/mol. The molecule has 9 heteroatoms. The first-order valence-electron chi connectivity index (χ1n) is 11.1. The van der Waals surface area contributed by atoms with E-state index in [4.69, 9.17) is 39.9 Å². The van der Waals surface area contributed by atoms with Gasteiger partial charge in [-0.05, 0) is 36.8 Å². The maximum absolute atomic E-state index is 13.6. The average Bonchev–Trinajstić information content (AvgIpc) is 3.41. The van der Waals surface area contributed by atoms with E-state index in [0.717, 1.165) is 16.8 Å². The van der Waals surface area contributed by atoms with E-state index < -0.39 is 0 Å². The van der Waals surface area contributed by atoms with Gasteiger partial charge in [-0.25, -0.2) is 4.68 Å². The molecule has 3 aromatic carbocycles. The molecule has 0 spiro atoms. The molecule has 1 N–H and O–H groups in total. The van der Waals surface area contributed by atoms with Crippen LogP contribution in [0.5, 0.6) is 0 Å². The largest absolute Gasteiger partial charge is 0.304 e. The highest BCUT2D eigenvalue weighted by Crippen LogP contribution is 2.29. The van der Waals surface area contributed by atoms with Gasteiger partial charge < -0.3 is 5.32 Å². The summed E-state index contributed by atoms with van der Waals surface area (Å²) in [6.07, 6.45) is 1.65. The zero-order valence-corrected chi connectivity index (χ0v) is 21.4. The molecule has 6 nitrogen and oxygen atoms in total. The van der Waals surface area contributed by atoms with Gasteiger partial charge in [0.1, 0.15) is 10.7 Å². The Bertz CT molecular complexity index is 1540. The van der Waals surface area contributed by atoms with Crippen molar-refractivity contribution in [2.45, 2.75) is 13.5 Å². The minimum atomic E-state index is -0.352. The normalized spacial score (nSPS) is 11.0. The van der Waals surface area contributed by atoms with Gasteiger partial charge in [-0.2, -0.15) is 10.2 Å². The molecule has 5 rings (SSSR count). The van der Waals surface area contributed by atoms with Gasteiger partial charge in [0, 0.05) is 11.8 Å². The van der Waals surface area contributed by atoms with Gasteiger partial charge in [0.25, 0.3) is 5.91 Å². The van der Waals surface area contributed by atoms with Gasteiger partial charge >= 0.3 is 0 Å². The van der Waals surface area contributed by atoms with Crippen LogP contribution in [0.3, 0.4) is 0 Å².